The number of nitrogens with zero attached hydrogens (tertiary/aromatic N) is 3. The van der Waals surface area contributed by atoms with E-state index < -0.39 is 0 Å². The van der Waals surface area contributed by atoms with Crippen molar-refractivity contribution < 1.29 is 4.84 Å². The smallest absolute Gasteiger partial charge is 0.135 e. The summed E-state index contributed by atoms with van der Waals surface area (Å²) in [6.07, 6.45) is 2.66. The number of pyridine rings is 1. The van der Waals surface area contributed by atoms with Gasteiger partial charge in [0.25, 0.3) is 0 Å². The molecule has 5 heteroatoms. The average Bonchev–Trinajstić information content (AvgIpc) is 2.47. The highest BCUT2D eigenvalue weighted by atomic mass is 16.6. The molecule has 20 heavy (non-hydrogen) atoms. The Labute approximate surface area is 121 Å². The molecule has 0 saturated carbocycles. The Morgan fingerprint density at radius 3 is 3.00 bits per heavy atom. The fourth-order valence-corrected chi connectivity index (χ4v) is 2.36. The van der Waals surface area contributed by atoms with Gasteiger partial charge in [-0.3, -0.25) is 0 Å². The Hall–Kier alpha value is -1.62. The second kappa shape index (κ2) is 7.24. The van der Waals surface area contributed by atoms with E-state index in [0.29, 0.717) is 12.6 Å². The average molecular weight is 276 g/mol. The summed E-state index contributed by atoms with van der Waals surface area (Å²) in [5.74, 6) is 0.900. The number of hydrogen-bond acceptors (Lipinski definition) is 5. The van der Waals surface area contributed by atoms with E-state index in [4.69, 9.17) is 4.84 Å². The molecule has 2 heterocycles. The zero-order valence-corrected chi connectivity index (χ0v) is 12.6. The summed E-state index contributed by atoms with van der Waals surface area (Å²) < 4.78 is 0. The molecule has 2 rings (SSSR count). The number of hydrogen-bond donors (Lipinski definition) is 1. The molecule has 0 saturated heterocycles. The van der Waals surface area contributed by atoms with E-state index in [-0.39, 0.29) is 0 Å². The molecule has 1 unspecified atom stereocenters. The van der Waals surface area contributed by atoms with Crippen LogP contribution in [0.1, 0.15) is 32.8 Å². The zero-order valence-electron chi connectivity index (χ0n) is 12.6. The van der Waals surface area contributed by atoms with Crippen molar-refractivity contribution in [1.29, 1.82) is 0 Å². The second-order valence-corrected chi connectivity index (χ2v) is 5.05. The van der Waals surface area contributed by atoms with Crippen molar-refractivity contribution >= 4 is 11.5 Å². The van der Waals surface area contributed by atoms with Crippen LogP contribution in [0.2, 0.25) is 0 Å². The summed E-state index contributed by atoms with van der Waals surface area (Å²) >= 11 is 0. The predicted octanol–water partition coefficient (Wildman–Crippen LogP) is 2.35. The molecule has 110 valence electrons. The number of fused-ring (bicyclic) bond motifs is 1. The maximum Gasteiger partial charge on any atom is 0.135 e. The molecule has 1 aromatic rings. The lowest BCUT2D eigenvalue weighted by atomic mass is 10.00. The Morgan fingerprint density at radius 2 is 2.25 bits per heavy atom. The van der Waals surface area contributed by atoms with Gasteiger partial charge in [-0.2, -0.15) is 0 Å². The molecule has 0 amide bonds. The van der Waals surface area contributed by atoms with Crippen LogP contribution in [0.25, 0.3) is 0 Å². The van der Waals surface area contributed by atoms with Gasteiger partial charge < -0.3 is 15.1 Å². The lowest BCUT2D eigenvalue weighted by Crippen LogP contribution is -2.29. The molecule has 0 aliphatic carbocycles. The zero-order chi connectivity index (χ0) is 14.4. The van der Waals surface area contributed by atoms with Gasteiger partial charge in [0.15, 0.2) is 0 Å². The second-order valence-electron chi connectivity index (χ2n) is 5.05. The van der Waals surface area contributed by atoms with Crippen molar-refractivity contribution in [1.82, 2.24) is 9.88 Å². The number of nitrogens with one attached hydrogen (secondary N) is 1. The third kappa shape index (κ3) is 3.70. The molecule has 1 aliphatic rings. The quantitative estimate of drug-likeness (QED) is 0.640. The Bertz CT molecular complexity index is 457. The molecule has 1 N–H and O–H groups in total. The van der Waals surface area contributed by atoms with Gasteiger partial charge in [-0.05, 0) is 32.1 Å². The van der Waals surface area contributed by atoms with Gasteiger partial charge in [0.05, 0.1) is 5.71 Å². The van der Waals surface area contributed by atoms with Crippen LogP contribution < -0.4 is 5.32 Å². The van der Waals surface area contributed by atoms with Crippen LogP contribution in [0.4, 0.5) is 5.82 Å². The molecule has 1 atom stereocenters. The molecule has 0 bridgehead atoms. The number of oxime groups is 1. The summed E-state index contributed by atoms with van der Waals surface area (Å²) in [4.78, 5) is 12.2. The summed E-state index contributed by atoms with van der Waals surface area (Å²) in [5, 5.41) is 7.69. The molecule has 1 aromatic heterocycles. The lowest BCUT2D eigenvalue weighted by Gasteiger charge is -2.24. The van der Waals surface area contributed by atoms with Crippen molar-refractivity contribution in [3.05, 3.63) is 23.9 Å². The fourth-order valence-electron chi connectivity index (χ4n) is 2.36. The summed E-state index contributed by atoms with van der Waals surface area (Å²) in [5.41, 5.74) is 2.03. The minimum absolute atomic E-state index is 0.336. The fraction of sp³-hybridized carbons (Fsp3) is 0.600. The van der Waals surface area contributed by atoms with Crippen LogP contribution >= 0.6 is 0 Å². The first-order chi connectivity index (χ1) is 9.74. The monoisotopic (exact) mass is 276 g/mol. The highest BCUT2D eigenvalue weighted by Crippen LogP contribution is 2.22. The number of rotatable bonds is 6. The van der Waals surface area contributed by atoms with Gasteiger partial charge in [0.1, 0.15) is 12.4 Å². The first-order valence-electron chi connectivity index (χ1n) is 7.37. The van der Waals surface area contributed by atoms with Crippen LogP contribution in [0.15, 0.2) is 23.5 Å². The van der Waals surface area contributed by atoms with Crippen molar-refractivity contribution in [3.63, 3.8) is 0 Å². The molecule has 0 radical (unpaired) electrons. The standard InChI is InChI=1S/C15H24N4O/c1-4-19(5-2)9-10-20-18-14-11-12(3)17-15-13(14)7-6-8-16-15/h6-8,12H,4-5,9-11H2,1-3H3,(H,16,17)/b18-14-. The first kappa shape index (κ1) is 14.8. The van der Waals surface area contributed by atoms with Crippen molar-refractivity contribution in [2.24, 2.45) is 5.16 Å². The highest BCUT2D eigenvalue weighted by Gasteiger charge is 2.21. The molecular weight excluding hydrogens is 252 g/mol. The molecule has 1 aliphatic heterocycles. The predicted molar refractivity (Wildman–Crippen MR) is 82.2 cm³/mol. The maximum absolute atomic E-state index is 5.50. The SMILES string of the molecule is CCN(CC)CCO/N=C1/CC(C)Nc2ncccc21. The third-order valence-corrected chi connectivity index (χ3v) is 3.57. The summed E-state index contributed by atoms with van der Waals surface area (Å²) in [7, 11) is 0. The van der Waals surface area contributed by atoms with Crippen LogP contribution in [-0.4, -0.2) is 47.9 Å². The molecule has 5 nitrogen and oxygen atoms in total. The van der Waals surface area contributed by atoms with Crippen molar-refractivity contribution in [2.75, 3.05) is 31.6 Å². The molecule has 0 fully saturated rings. The van der Waals surface area contributed by atoms with E-state index in [1.807, 2.05) is 12.1 Å². The van der Waals surface area contributed by atoms with Gasteiger partial charge in [0, 0.05) is 30.8 Å². The van der Waals surface area contributed by atoms with Crippen LogP contribution in [0, 0.1) is 0 Å². The van der Waals surface area contributed by atoms with Gasteiger partial charge >= 0.3 is 0 Å². The Morgan fingerprint density at radius 1 is 1.45 bits per heavy atom. The number of aromatic nitrogens is 1. The lowest BCUT2D eigenvalue weighted by molar-refractivity contribution is 0.114. The maximum atomic E-state index is 5.50. The highest BCUT2D eigenvalue weighted by molar-refractivity contribution is 6.06. The minimum Gasteiger partial charge on any atom is -0.394 e. The van der Waals surface area contributed by atoms with Crippen molar-refractivity contribution in [3.8, 4) is 0 Å². The van der Waals surface area contributed by atoms with E-state index in [1.54, 1.807) is 6.20 Å². The first-order valence-corrected chi connectivity index (χ1v) is 7.37. The Kier molecular flexibility index (Phi) is 5.35. The van der Waals surface area contributed by atoms with Crippen LogP contribution in [0.3, 0.4) is 0 Å². The van der Waals surface area contributed by atoms with E-state index >= 15 is 0 Å². The van der Waals surface area contributed by atoms with Crippen LogP contribution in [0.5, 0.6) is 0 Å². The van der Waals surface area contributed by atoms with Gasteiger partial charge in [-0.25, -0.2) is 4.98 Å². The third-order valence-electron chi connectivity index (χ3n) is 3.57. The van der Waals surface area contributed by atoms with Gasteiger partial charge in [-0.1, -0.05) is 19.0 Å². The normalized spacial score (nSPS) is 19.8. The van der Waals surface area contributed by atoms with Gasteiger partial charge in [0.2, 0.25) is 0 Å². The summed E-state index contributed by atoms with van der Waals surface area (Å²) in [6, 6.07) is 4.30. The van der Waals surface area contributed by atoms with E-state index in [0.717, 1.165) is 43.1 Å². The molecule has 0 spiro atoms. The number of anilines is 1. The molecule has 0 aromatic carbocycles. The van der Waals surface area contributed by atoms with Gasteiger partial charge in [-0.15, -0.1) is 0 Å². The molecular formula is C15H24N4O. The largest absolute Gasteiger partial charge is 0.394 e. The minimum atomic E-state index is 0.336. The number of likely N-dealkylation sites (N-methyl/N-ethyl adjacent to an activating group) is 1. The topological polar surface area (TPSA) is 49.8 Å². The van der Waals surface area contributed by atoms with Crippen LogP contribution in [-0.2, 0) is 4.84 Å². The summed E-state index contributed by atoms with van der Waals surface area (Å²) in [6.45, 7) is 10.1. The Balaban J connectivity index is 1.96. The van der Waals surface area contributed by atoms with E-state index in [1.165, 1.54) is 0 Å². The van der Waals surface area contributed by atoms with E-state index in [9.17, 15) is 0 Å². The van der Waals surface area contributed by atoms with E-state index in [2.05, 4.69) is 41.1 Å². The van der Waals surface area contributed by atoms with Crippen molar-refractivity contribution in [2.45, 2.75) is 33.2 Å².